The zero-order chi connectivity index (χ0) is 13.1. The fourth-order valence-corrected chi connectivity index (χ4v) is 1.27. The van der Waals surface area contributed by atoms with Gasteiger partial charge >= 0.3 is 6.18 Å². The van der Waals surface area contributed by atoms with E-state index in [2.05, 4.69) is 5.32 Å². The van der Waals surface area contributed by atoms with Crippen molar-refractivity contribution in [3.05, 3.63) is 23.8 Å². The van der Waals surface area contributed by atoms with Crippen molar-refractivity contribution in [3.63, 3.8) is 0 Å². The highest BCUT2D eigenvalue weighted by atomic mass is 19.4. The van der Waals surface area contributed by atoms with Crippen LogP contribution in [0.25, 0.3) is 0 Å². The molecule has 0 radical (unpaired) electrons. The number of nitrogen functional groups attached to an aromatic ring is 1. The molecule has 0 aromatic heterocycles. The Morgan fingerprint density at radius 3 is 2.53 bits per heavy atom. The summed E-state index contributed by atoms with van der Waals surface area (Å²) >= 11 is 0. The van der Waals surface area contributed by atoms with Crippen LogP contribution in [0.15, 0.2) is 18.2 Å². The van der Waals surface area contributed by atoms with E-state index >= 15 is 0 Å². The second kappa shape index (κ2) is 5.27. The molecule has 1 rings (SSSR count). The van der Waals surface area contributed by atoms with Gasteiger partial charge in [-0.3, -0.25) is 0 Å². The largest absolute Gasteiger partial charge is 0.416 e. The van der Waals surface area contributed by atoms with Gasteiger partial charge < -0.3 is 16.2 Å². The maximum absolute atomic E-state index is 12.4. The highest BCUT2D eigenvalue weighted by Crippen LogP contribution is 2.32. The molecule has 6 heteroatoms. The van der Waals surface area contributed by atoms with Crippen molar-refractivity contribution in [2.75, 3.05) is 17.6 Å². The van der Waals surface area contributed by atoms with Crippen molar-refractivity contribution >= 4 is 11.4 Å². The minimum atomic E-state index is -4.39. The van der Waals surface area contributed by atoms with E-state index < -0.39 is 17.8 Å². The number of alkyl halides is 3. The van der Waals surface area contributed by atoms with Crippen LogP contribution in [0.1, 0.15) is 18.9 Å². The lowest BCUT2D eigenvalue weighted by Gasteiger charge is -2.14. The molecular weight excluding hydrogens is 233 g/mol. The molecule has 0 heterocycles. The number of aliphatic hydroxyl groups excluding tert-OH is 1. The zero-order valence-corrected chi connectivity index (χ0v) is 9.38. The Labute approximate surface area is 97.4 Å². The van der Waals surface area contributed by atoms with Crippen molar-refractivity contribution in [2.45, 2.75) is 25.6 Å². The van der Waals surface area contributed by atoms with Crippen LogP contribution in [0.3, 0.4) is 0 Å². The van der Waals surface area contributed by atoms with Crippen LogP contribution < -0.4 is 11.1 Å². The number of nitrogens with two attached hydrogens (primary N) is 1. The molecule has 1 atom stereocenters. The van der Waals surface area contributed by atoms with E-state index in [9.17, 15) is 18.3 Å². The molecule has 17 heavy (non-hydrogen) atoms. The average molecular weight is 248 g/mol. The molecule has 0 spiro atoms. The summed E-state index contributed by atoms with van der Waals surface area (Å²) in [4.78, 5) is 0. The van der Waals surface area contributed by atoms with Gasteiger partial charge in [0.2, 0.25) is 0 Å². The van der Waals surface area contributed by atoms with Gasteiger partial charge in [-0.1, -0.05) is 6.92 Å². The van der Waals surface area contributed by atoms with Crippen LogP contribution in [0.5, 0.6) is 0 Å². The normalized spacial score (nSPS) is 13.5. The van der Waals surface area contributed by atoms with Crippen molar-refractivity contribution in [1.82, 2.24) is 0 Å². The van der Waals surface area contributed by atoms with Crippen molar-refractivity contribution in [3.8, 4) is 0 Å². The first-order chi connectivity index (χ1) is 7.84. The molecular formula is C11H15F3N2O. The minimum absolute atomic E-state index is 0.0168. The minimum Gasteiger partial charge on any atom is -0.397 e. The van der Waals surface area contributed by atoms with Crippen molar-refractivity contribution < 1.29 is 18.3 Å². The molecule has 0 aliphatic heterocycles. The summed E-state index contributed by atoms with van der Waals surface area (Å²) in [6, 6.07) is 3.10. The molecule has 1 unspecified atom stereocenters. The molecule has 0 bridgehead atoms. The Bertz CT molecular complexity index is 379. The number of benzene rings is 1. The fraction of sp³-hybridized carbons (Fsp3) is 0.455. The molecule has 0 saturated carbocycles. The van der Waals surface area contributed by atoms with Crippen molar-refractivity contribution in [1.29, 1.82) is 0 Å². The third-order valence-corrected chi connectivity index (χ3v) is 2.38. The molecule has 0 saturated heterocycles. The molecule has 0 aliphatic carbocycles. The van der Waals surface area contributed by atoms with Crippen molar-refractivity contribution in [2.24, 2.45) is 0 Å². The first kappa shape index (κ1) is 13.6. The number of aliphatic hydroxyl groups is 1. The van der Waals surface area contributed by atoms with E-state index in [0.717, 1.165) is 12.1 Å². The summed E-state index contributed by atoms with van der Waals surface area (Å²) in [5.74, 6) is 0. The van der Waals surface area contributed by atoms with Crippen LogP contribution in [-0.2, 0) is 6.18 Å². The van der Waals surface area contributed by atoms with Crippen LogP contribution in [0.4, 0.5) is 24.5 Å². The maximum Gasteiger partial charge on any atom is 0.416 e. The molecule has 0 aliphatic rings. The lowest BCUT2D eigenvalue weighted by Crippen LogP contribution is -2.19. The number of rotatable bonds is 4. The highest BCUT2D eigenvalue weighted by molar-refractivity contribution is 5.67. The van der Waals surface area contributed by atoms with E-state index in [1.165, 1.54) is 6.07 Å². The maximum atomic E-state index is 12.4. The zero-order valence-electron chi connectivity index (χ0n) is 9.38. The first-order valence-corrected chi connectivity index (χ1v) is 5.23. The van der Waals surface area contributed by atoms with Crippen LogP contribution in [0.2, 0.25) is 0 Å². The predicted octanol–water partition coefficient (Wildman–Crippen LogP) is 2.47. The SMILES string of the molecule is CCC(O)CNc1ccc(C(F)(F)F)cc1N. The molecule has 0 amide bonds. The van der Waals surface area contributed by atoms with Gasteiger partial charge in [0.15, 0.2) is 0 Å². The Balaban J connectivity index is 2.77. The highest BCUT2D eigenvalue weighted by Gasteiger charge is 2.30. The Kier molecular flexibility index (Phi) is 4.22. The number of halogens is 3. The van der Waals surface area contributed by atoms with E-state index in [4.69, 9.17) is 5.73 Å². The smallest absolute Gasteiger partial charge is 0.397 e. The van der Waals surface area contributed by atoms with Crippen LogP contribution in [0, 0.1) is 0 Å². The predicted molar refractivity (Wildman–Crippen MR) is 60.6 cm³/mol. The molecule has 4 N–H and O–H groups in total. The molecule has 1 aromatic carbocycles. The average Bonchev–Trinajstić information content (AvgIpc) is 2.25. The number of hydrogen-bond acceptors (Lipinski definition) is 3. The lowest BCUT2D eigenvalue weighted by atomic mass is 10.1. The summed E-state index contributed by atoms with van der Waals surface area (Å²) in [6.45, 7) is 2.06. The number of hydrogen-bond donors (Lipinski definition) is 3. The van der Waals surface area contributed by atoms with E-state index in [0.29, 0.717) is 12.1 Å². The molecule has 0 fully saturated rings. The third-order valence-electron chi connectivity index (χ3n) is 2.38. The van der Waals surface area contributed by atoms with Crippen LogP contribution in [-0.4, -0.2) is 17.8 Å². The van der Waals surface area contributed by atoms with Gasteiger partial charge in [-0.25, -0.2) is 0 Å². The van der Waals surface area contributed by atoms with Gasteiger partial charge in [0, 0.05) is 6.54 Å². The van der Waals surface area contributed by atoms with Crippen LogP contribution >= 0.6 is 0 Å². The molecule has 96 valence electrons. The van der Waals surface area contributed by atoms with Gasteiger partial charge in [0.05, 0.1) is 23.0 Å². The summed E-state index contributed by atoms with van der Waals surface area (Å²) in [5.41, 5.74) is 5.13. The van der Waals surface area contributed by atoms with Gasteiger partial charge in [0.25, 0.3) is 0 Å². The Morgan fingerprint density at radius 1 is 1.41 bits per heavy atom. The second-order valence-corrected chi connectivity index (χ2v) is 3.74. The van der Waals surface area contributed by atoms with Gasteiger partial charge in [0.1, 0.15) is 0 Å². The van der Waals surface area contributed by atoms with E-state index in [-0.39, 0.29) is 12.2 Å². The summed E-state index contributed by atoms with van der Waals surface area (Å²) < 4.78 is 37.1. The standard InChI is InChI=1S/C11H15F3N2O/c1-2-8(17)6-16-10-4-3-7(5-9(10)15)11(12,13)14/h3-5,8,16-17H,2,6,15H2,1H3. The number of anilines is 2. The summed E-state index contributed by atoms with van der Waals surface area (Å²) in [7, 11) is 0. The number of nitrogens with one attached hydrogen (secondary N) is 1. The fourth-order valence-electron chi connectivity index (χ4n) is 1.27. The molecule has 3 nitrogen and oxygen atoms in total. The summed E-state index contributed by atoms with van der Waals surface area (Å²) in [6.07, 6.45) is -4.37. The quantitative estimate of drug-likeness (QED) is 0.717. The van der Waals surface area contributed by atoms with Gasteiger partial charge in [-0.2, -0.15) is 13.2 Å². The summed E-state index contributed by atoms with van der Waals surface area (Å²) in [5, 5.41) is 12.1. The lowest BCUT2D eigenvalue weighted by molar-refractivity contribution is -0.137. The molecule has 1 aromatic rings. The second-order valence-electron chi connectivity index (χ2n) is 3.74. The Hall–Kier alpha value is -1.43. The monoisotopic (exact) mass is 248 g/mol. The van der Waals surface area contributed by atoms with E-state index in [1.54, 1.807) is 0 Å². The Morgan fingerprint density at radius 2 is 2.06 bits per heavy atom. The third kappa shape index (κ3) is 3.81. The van der Waals surface area contributed by atoms with E-state index in [1.807, 2.05) is 6.92 Å². The van der Waals surface area contributed by atoms with Gasteiger partial charge in [-0.15, -0.1) is 0 Å². The van der Waals surface area contributed by atoms with Gasteiger partial charge in [-0.05, 0) is 24.6 Å². The first-order valence-electron chi connectivity index (χ1n) is 5.23. The topological polar surface area (TPSA) is 58.3 Å².